The van der Waals surface area contributed by atoms with Crippen molar-refractivity contribution in [2.45, 2.75) is 52.5 Å². The molecule has 0 fully saturated rings. The lowest BCUT2D eigenvalue weighted by Gasteiger charge is -2.18. The molecule has 4 heteroatoms. The largest absolute Gasteiger partial charge is 0.465 e. The van der Waals surface area contributed by atoms with Gasteiger partial charge in [-0.05, 0) is 19.3 Å². The minimum Gasteiger partial charge on any atom is -0.465 e. The second kappa shape index (κ2) is 6.62. The third kappa shape index (κ3) is 3.45. The van der Waals surface area contributed by atoms with Gasteiger partial charge >= 0.3 is 5.97 Å². The summed E-state index contributed by atoms with van der Waals surface area (Å²) in [7, 11) is 0. The van der Waals surface area contributed by atoms with E-state index in [4.69, 9.17) is 10.5 Å². The van der Waals surface area contributed by atoms with Crippen LogP contribution in [0.15, 0.2) is 4.99 Å². The average Bonchev–Trinajstić information content (AvgIpc) is 2.55. The SMILES string of the molecule is CCCCCC1N=C(N)C(C(=O)OCC)C1C. The number of carbonyl (C=O) groups excluding carboxylic acids is 1. The first-order valence-electron chi connectivity index (χ1n) is 6.61. The van der Waals surface area contributed by atoms with Crippen LogP contribution in [0.4, 0.5) is 0 Å². The zero-order valence-corrected chi connectivity index (χ0v) is 11.1. The highest BCUT2D eigenvalue weighted by molar-refractivity contribution is 6.01. The number of nitrogens with two attached hydrogens (primary N) is 1. The van der Waals surface area contributed by atoms with E-state index in [-0.39, 0.29) is 23.8 Å². The van der Waals surface area contributed by atoms with Crippen LogP contribution in [0, 0.1) is 11.8 Å². The molecule has 3 atom stereocenters. The lowest BCUT2D eigenvalue weighted by atomic mass is 9.88. The number of rotatable bonds is 6. The third-order valence-corrected chi connectivity index (χ3v) is 3.41. The Morgan fingerprint density at radius 3 is 2.71 bits per heavy atom. The molecule has 1 heterocycles. The van der Waals surface area contributed by atoms with Gasteiger partial charge in [0.1, 0.15) is 11.8 Å². The second-order valence-electron chi connectivity index (χ2n) is 4.71. The standard InChI is InChI=1S/C13H24N2O2/c1-4-6-7-8-10-9(3)11(12(14)15-10)13(16)17-5-2/h9-11H,4-8H2,1-3H3,(H2,14,15). The van der Waals surface area contributed by atoms with Crippen LogP contribution in [0.25, 0.3) is 0 Å². The van der Waals surface area contributed by atoms with E-state index in [1.165, 1.54) is 12.8 Å². The van der Waals surface area contributed by atoms with Gasteiger partial charge in [-0.2, -0.15) is 0 Å². The van der Waals surface area contributed by atoms with Gasteiger partial charge in [0.2, 0.25) is 0 Å². The molecule has 1 aliphatic rings. The Morgan fingerprint density at radius 1 is 1.41 bits per heavy atom. The fourth-order valence-electron chi connectivity index (χ4n) is 2.38. The molecule has 0 aromatic carbocycles. The Bertz CT molecular complexity index is 289. The van der Waals surface area contributed by atoms with E-state index in [1.807, 2.05) is 13.8 Å². The van der Waals surface area contributed by atoms with E-state index >= 15 is 0 Å². The Balaban J connectivity index is 2.55. The summed E-state index contributed by atoms with van der Waals surface area (Å²) in [5, 5.41) is 0. The van der Waals surface area contributed by atoms with Gasteiger partial charge in [0.25, 0.3) is 0 Å². The zero-order chi connectivity index (χ0) is 12.8. The minimum absolute atomic E-state index is 0.172. The molecule has 0 aliphatic carbocycles. The normalized spacial score (nSPS) is 27.9. The summed E-state index contributed by atoms with van der Waals surface area (Å²) < 4.78 is 5.04. The minimum atomic E-state index is -0.332. The highest BCUT2D eigenvalue weighted by Gasteiger charge is 2.39. The predicted molar refractivity (Wildman–Crippen MR) is 68.8 cm³/mol. The lowest BCUT2D eigenvalue weighted by molar-refractivity contribution is -0.146. The van der Waals surface area contributed by atoms with Crippen molar-refractivity contribution < 1.29 is 9.53 Å². The van der Waals surface area contributed by atoms with Crippen LogP contribution in [0.2, 0.25) is 0 Å². The van der Waals surface area contributed by atoms with Crippen LogP contribution in [0.1, 0.15) is 46.5 Å². The maximum Gasteiger partial charge on any atom is 0.316 e. The molecule has 3 unspecified atom stereocenters. The molecule has 0 saturated carbocycles. The summed E-state index contributed by atoms with van der Waals surface area (Å²) in [4.78, 5) is 16.2. The zero-order valence-electron chi connectivity index (χ0n) is 11.1. The molecule has 1 aliphatic heterocycles. The van der Waals surface area contributed by atoms with Crippen LogP contribution >= 0.6 is 0 Å². The number of aliphatic imine (C=N–C) groups is 1. The second-order valence-corrected chi connectivity index (χ2v) is 4.71. The first-order valence-corrected chi connectivity index (χ1v) is 6.61. The molecule has 1 rings (SSSR count). The molecule has 0 spiro atoms. The van der Waals surface area contributed by atoms with Crippen molar-refractivity contribution in [1.29, 1.82) is 0 Å². The Hall–Kier alpha value is -1.06. The number of amidine groups is 1. The van der Waals surface area contributed by atoms with Crippen molar-refractivity contribution in [2.75, 3.05) is 6.61 Å². The highest BCUT2D eigenvalue weighted by atomic mass is 16.5. The van der Waals surface area contributed by atoms with Crippen molar-refractivity contribution in [1.82, 2.24) is 0 Å². The molecule has 2 N–H and O–H groups in total. The summed E-state index contributed by atoms with van der Waals surface area (Å²) in [6, 6.07) is 0.191. The van der Waals surface area contributed by atoms with E-state index in [2.05, 4.69) is 11.9 Å². The summed E-state index contributed by atoms with van der Waals surface area (Å²) in [6.45, 7) is 6.43. The monoisotopic (exact) mass is 240 g/mol. The van der Waals surface area contributed by atoms with Crippen molar-refractivity contribution in [3.05, 3.63) is 0 Å². The highest BCUT2D eigenvalue weighted by Crippen LogP contribution is 2.30. The van der Waals surface area contributed by atoms with Crippen molar-refractivity contribution in [3.63, 3.8) is 0 Å². The fraction of sp³-hybridized carbons (Fsp3) is 0.846. The maximum absolute atomic E-state index is 11.8. The fourth-order valence-corrected chi connectivity index (χ4v) is 2.38. The summed E-state index contributed by atoms with van der Waals surface area (Å²) in [5.41, 5.74) is 5.84. The Morgan fingerprint density at radius 2 is 2.12 bits per heavy atom. The van der Waals surface area contributed by atoms with E-state index in [1.54, 1.807) is 0 Å². The topological polar surface area (TPSA) is 64.7 Å². The van der Waals surface area contributed by atoms with Gasteiger partial charge in [-0.3, -0.25) is 9.79 Å². The molecular formula is C13H24N2O2. The van der Waals surface area contributed by atoms with Crippen molar-refractivity contribution >= 4 is 11.8 Å². The summed E-state index contributed by atoms with van der Waals surface area (Å²) >= 11 is 0. The van der Waals surface area contributed by atoms with Gasteiger partial charge in [-0.25, -0.2) is 0 Å². The van der Waals surface area contributed by atoms with E-state index < -0.39 is 0 Å². The molecular weight excluding hydrogens is 216 g/mol. The van der Waals surface area contributed by atoms with Gasteiger partial charge < -0.3 is 10.5 Å². The van der Waals surface area contributed by atoms with Gasteiger partial charge in [0, 0.05) is 0 Å². The smallest absolute Gasteiger partial charge is 0.316 e. The molecule has 0 aromatic heterocycles. The summed E-state index contributed by atoms with van der Waals surface area (Å²) in [6.07, 6.45) is 4.58. The van der Waals surface area contributed by atoms with E-state index in [0.717, 1.165) is 12.8 Å². The van der Waals surface area contributed by atoms with Gasteiger partial charge in [-0.1, -0.05) is 33.1 Å². The van der Waals surface area contributed by atoms with Crippen LogP contribution < -0.4 is 5.73 Å². The van der Waals surface area contributed by atoms with Gasteiger partial charge in [-0.15, -0.1) is 0 Å². The summed E-state index contributed by atoms with van der Waals surface area (Å²) in [5.74, 6) is 0.0733. The molecule has 0 saturated heterocycles. The number of nitrogens with zero attached hydrogens (tertiary/aromatic N) is 1. The van der Waals surface area contributed by atoms with Crippen LogP contribution in [-0.4, -0.2) is 24.5 Å². The molecule has 0 radical (unpaired) electrons. The first kappa shape index (κ1) is 14.0. The van der Waals surface area contributed by atoms with Crippen LogP contribution in [-0.2, 0) is 9.53 Å². The number of hydrogen-bond donors (Lipinski definition) is 1. The van der Waals surface area contributed by atoms with Crippen LogP contribution in [0.3, 0.4) is 0 Å². The number of hydrogen-bond acceptors (Lipinski definition) is 4. The molecule has 17 heavy (non-hydrogen) atoms. The van der Waals surface area contributed by atoms with E-state index in [0.29, 0.717) is 12.4 Å². The van der Waals surface area contributed by atoms with Crippen molar-refractivity contribution in [3.8, 4) is 0 Å². The predicted octanol–water partition coefficient (Wildman–Crippen LogP) is 2.12. The van der Waals surface area contributed by atoms with Crippen LogP contribution in [0.5, 0.6) is 0 Å². The quantitative estimate of drug-likeness (QED) is 0.571. The first-order chi connectivity index (χ1) is 8.11. The number of unbranched alkanes of at least 4 members (excludes halogenated alkanes) is 2. The van der Waals surface area contributed by atoms with Gasteiger partial charge in [0.05, 0.1) is 12.6 Å². The third-order valence-electron chi connectivity index (χ3n) is 3.41. The molecule has 0 bridgehead atoms. The number of ether oxygens (including phenoxy) is 1. The van der Waals surface area contributed by atoms with E-state index in [9.17, 15) is 4.79 Å². The molecule has 0 amide bonds. The number of esters is 1. The average molecular weight is 240 g/mol. The molecule has 98 valence electrons. The number of carbonyl (C=O) groups is 1. The van der Waals surface area contributed by atoms with Crippen molar-refractivity contribution in [2.24, 2.45) is 22.6 Å². The lowest BCUT2D eigenvalue weighted by Crippen LogP contribution is -2.34. The maximum atomic E-state index is 11.8. The van der Waals surface area contributed by atoms with Gasteiger partial charge in [0.15, 0.2) is 0 Å². The Labute approximate surface area is 104 Å². The Kier molecular flexibility index (Phi) is 5.45. The molecule has 4 nitrogen and oxygen atoms in total. The molecule has 0 aromatic rings.